The minimum absolute atomic E-state index is 0.172. The minimum Gasteiger partial charge on any atom is -0.368 e. The zero-order chi connectivity index (χ0) is 19.8. The second-order valence-corrected chi connectivity index (χ2v) is 6.79. The molecule has 10 heteroatoms. The average Bonchev–Trinajstić information content (AvgIpc) is 3.35. The first kappa shape index (κ1) is 17.3. The molecule has 1 aliphatic heterocycles. The molecule has 0 unspecified atom stereocenters. The summed E-state index contributed by atoms with van der Waals surface area (Å²) in [4.78, 5) is 17.7. The number of anilines is 3. The second kappa shape index (κ2) is 6.99. The van der Waals surface area contributed by atoms with Crippen molar-refractivity contribution in [2.75, 3.05) is 24.1 Å². The zero-order valence-electron chi connectivity index (χ0n) is 15.8. The van der Waals surface area contributed by atoms with Crippen LogP contribution < -0.4 is 16.4 Å². The molecule has 10 nitrogen and oxygen atoms in total. The van der Waals surface area contributed by atoms with Crippen molar-refractivity contribution < 1.29 is 0 Å². The molecule has 4 aromatic rings. The van der Waals surface area contributed by atoms with Gasteiger partial charge in [-0.25, -0.2) is 9.97 Å². The number of nitrogens with zero attached hydrogens (tertiary/aromatic N) is 6. The van der Waals surface area contributed by atoms with E-state index in [1.54, 1.807) is 13.1 Å². The van der Waals surface area contributed by atoms with Crippen LogP contribution in [0.5, 0.6) is 0 Å². The maximum Gasteiger partial charge on any atom is 0.223 e. The Kier molecular flexibility index (Phi) is 4.17. The van der Waals surface area contributed by atoms with Gasteiger partial charge in [0.2, 0.25) is 5.95 Å². The lowest BCUT2D eigenvalue weighted by molar-refractivity contribution is 0.738. The van der Waals surface area contributed by atoms with Gasteiger partial charge in [0.1, 0.15) is 17.2 Å². The van der Waals surface area contributed by atoms with Crippen molar-refractivity contribution in [2.24, 2.45) is 0 Å². The average molecular weight is 388 g/mol. The highest BCUT2D eigenvalue weighted by molar-refractivity contribution is 5.77. The smallest absolute Gasteiger partial charge is 0.223 e. The largest absolute Gasteiger partial charge is 0.368 e. The molecule has 5 rings (SSSR count). The Bertz CT molecular complexity index is 1190. The molecule has 0 saturated heterocycles. The van der Waals surface area contributed by atoms with Gasteiger partial charge in [-0.1, -0.05) is 6.08 Å². The molecule has 4 aromatic heterocycles. The van der Waals surface area contributed by atoms with Crippen LogP contribution >= 0.6 is 0 Å². The van der Waals surface area contributed by atoms with Gasteiger partial charge in [-0.2, -0.15) is 15.1 Å². The van der Waals surface area contributed by atoms with Crippen LogP contribution in [0.15, 0.2) is 36.7 Å². The van der Waals surface area contributed by atoms with Crippen molar-refractivity contribution in [3.63, 3.8) is 0 Å². The van der Waals surface area contributed by atoms with Crippen molar-refractivity contribution in [1.29, 1.82) is 0 Å². The van der Waals surface area contributed by atoms with Crippen molar-refractivity contribution in [3.8, 4) is 11.5 Å². The predicted molar refractivity (Wildman–Crippen MR) is 110 cm³/mol. The number of nitrogens with two attached hydrogens (primary N) is 1. The van der Waals surface area contributed by atoms with E-state index in [9.17, 15) is 0 Å². The summed E-state index contributed by atoms with van der Waals surface area (Å²) in [5.74, 6) is 2.42. The minimum atomic E-state index is 0.172. The number of aryl methyl sites for hydroxylation is 1. The first-order chi connectivity index (χ1) is 14.2. The number of hydrogen-bond acceptors (Lipinski definition) is 8. The lowest BCUT2D eigenvalue weighted by atomic mass is 10.0. The topological polar surface area (TPSA) is 135 Å². The number of fused-ring (bicyclic) bond motifs is 1. The van der Waals surface area contributed by atoms with Gasteiger partial charge >= 0.3 is 0 Å². The highest BCUT2D eigenvalue weighted by Crippen LogP contribution is 2.31. The Balaban J connectivity index is 1.71. The monoisotopic (exact) mass is 388 g/mol. The lowest BCUT2D eigenvalue weighted by Gasteiger charge is -2.14. The van der Waals surface area contributed by atoms with E-state index in [1.165, 1.54) is 5.57 Å². The van der Waals surface area contributed by atoms with Crippen molar-refractivity contribution in [2.45, 2.75) is 13.3 Å². The second-order valence-electron chi connectivity index (χ2n) is 6.79. The number of aromatic amines is 1. The van der Waals surface area contributed by atoms with Crippen LogP contribution in [0.3, 0.4) is 0 Å². The fourth-order valence-electron chi connectivity index (χ4n) is 3.48. The number of hydrogen-bond donors (Lipinski definition) is 4. The summed E-state index contributed by atoms with van der Waals surface area (Å²) in [6.07, 6.45) is 7.01. The van der Waals surface area contributed by atoms with E-state index in [2.05, 4.69) is 54.1 Å². The number of rotatable bonds is 4. The summed E-state index contributed by atoms with van der Waals surface area (Å²) >= 11 is 0. The van der Waals surface area contributed by atoms with Gasteiger partial charge in [0, 0.05) is 25.0 Å². The van der Waals surface area contributed by atoms with E-state index >= 15 is 0 Å². The molecule has 5 heterocycles. The van der Waals surface area contributed by atoms with Crippen LogP contribution in [0.2, 0.25) is 0 Å². The molecule has 0 saturated carbocycles. The molecule has 29 heavy (non-hydrogen) atoms. The molecule has 0 aromatic carbocycles. The standard InChI is InChI=1S/C19H20N10/c1-11-23-17(27-19(20)24-11)16-18(25-14-6-9-22-28-14)26-15-3-2-13(10-29(15)16)12-4-7-21-8-5-12/h2-4,6,9-10,21H,5,7-8H2,1H3,(H2,22,25,28)(H2,20,23,24,27). The van der Waals surface area contributed by atoms with Gasteiger partial charge in [-0.3, -0.25) is 9.50 Å². The Morgan fingerprint density at radius 2 is 2.07 bits per heavy atom. The molecule has 146 valence electrons. The van der Waals surface area contributed by atoms with Crippen LogP contribution in [-0.2, 0) is 0 Å². The SMILES string of the molecule is Cc1nc(N)nc(-c2c(Nc3cc[nH]n3)nc3ccc(C4=CCNCC4)cn23)n1. The molecule has 0 amide bonds. The zero-order valence-corrected chi connectivity index (χ0v) is 15.8. The predicted octanol–water partition coefficient (Wildman–Crippen LogP) is 1.92. The normalized spacial score (nSPS) is 14.2. The summed E-state index contributed by atoms with van der Waals surface area (Å²) in [6, 6.07) is 5.91. The van der Waals surface area contributed by atoms with Crippen LogP contribution in [0, 0.1) is 6.92 Å². The lowest BCUT2D eigenvalue weighted by Crippen LogP contribution is -2.20. The molecular formula is C19H20N10. The van der Waals surface area contributed by atoms with Crippen LogP contribution in [-0.4, -0.2) is 47.6 Å². The molecule has 0 spiro atoms. The molecule has 0 atom stereocenters. The maximum absolute atomic E-state index is 5.90. The Morgan fingerprint density at radius 1 is 1.14 bits per heavy atom. The Morgan fingerprint density at radius 3 is 2.83 bits per heavy atom. The van der Waals surface area contributed by atoms with E-state index in [0.29, 0.717) is 29.0 Å². The highest BCUT2D eigenvalue weighted by Gasteiger charge is 2.20. The number of pyridine rings is 1. The number of imidazole rings is 1. The van der Waals surface area contributed by atoms with Gasteiger partial charge in [-0.15, -0.1) is 0 Å². The van der Waals surface area contributed by atoms with Gasteiger partial charge < -0.3 is 16.4 Å². The number of nitrogens with one attached hydrogen (secondary N) is 3. The van der Waals surface area contributed by atoms with E-state index in [4.69, 9.17) is 10.7 Å². The Hall–Kier alpha value is -3.79. The molecule has 0 bridgehead atoms. The third kappa shape index (κ3) is 3.29. The van der Waals surface area contributed by atoms with Crippen LogP contribution in [0.1, 0.15) is 17.8 Å². The fraction of sp³-hybridized carbons (Fsp3) is 0.211. The summed E-state index contributed by atoms with van der Waals surface area (Å²) in [7, 11) is 0. The van der Waals surface area contributed by atoms with Crippen molar-refractivity contribution in [1.82, 2.24) is 39.9 Å². The molecule has 1 aliphatic rings. The van der Waals surface area contributed by atoms with Crippen molar-refractivity contribution in [3.05, 3.63) is 48.1 Å². The third-order valence-electron chi connectivity index (χ3n) is 4.78. The number of H-pyrrole nitrogens is 1. The molecule has 0 aliphatic carbocycles. The first-order valence-electron chi connectivity index (χ1n) is 9.35. The third-order valence-corrected chi connectivity index (χ3v) is 4.78. The fourth-order valence-corrected chi connectivity index (χ4v) is 3.48. The molecular weight excluding hydrogens is 368 g/mol. The number of aromatic nitrogens is 7. The summed E-state index contributed by atoms with van der Waals surface area (Å²) in [5, 5.41) is 13.5. The van der Waals surface area contributed by atoms with Crippen molar-refractivity contribution >= 4 is 28.8 Å². The number of nitrogen functional groups attached to an aromatic ring is 1. The van der Waals surface area contributed by atoms with Crippen LogP contribution in [0.25, 0.3) is 22.7 Å². The van der Waals surface area contributed by atoms with E-state index in [0.717, 1.165) is 30.7 Å². The van der Waals surface area contributed by atoms with Gasteiger partial charge in [-0.05, 0) is 43.2 Å². The molecule has 0 fully saturated rings. The van der Waals surface area contributed by atoms with Gasteiger partial charge in [0.05, 0.1) is 0 Å². The quantitative estimate of drug-likeness (QED) is 0.416. The summed E-state index contributed by atoms with van der Waals surface area (Å²) < 4.78 is 1.99. The van der Waals surface area contributed by atoms with Gasteiger partial charge in [0.25, 0.3) is 0 Å². The van der Waals surface area contributed by atoms with Crippen LogP contribution in [0.4, 0.5) is 17.6 Å². The van der Waals surface area contributed by atoms with E-state index < -0.39 is 0 Å². The molecule has 5 N–H and O–H groups in total. The summed E-state index contributed by atoms with van der Waals surface area (Å²) in [5.41, 5.74) is 9.82. The highest BCUT2D eigenvalue weighted by atomic mass is 15.2. The van der Waals surface area contributed by atoms with E-state index in [1.807, 2.05) is 16.5 Å². The first-order valence-corrected chi connectivity index (χ1v) is 9.35. The molecule has 0 radical (unpaired) electrons. The Labute approximate surface area is 166 Å². The van der Waals surface area contributed by atoms with E-state index in [-0.39, 0.29) is 5.95 Å². The summed E-state index contributed by atoms with van der Waals surface area (Å²) in [6.45, 7) is 3.63. The maximum atomic E-state index is 5.90. The van der Waals surface area contributed by atoms with Gasteiger partial charge in [0.15, 0.2) is 17.5 Å².